The zero-order valence-corrected chi connectivity index (χ0v) is 15.5. The average Bonchev–Trinajstić information content (AvgIpc) is 3.03. The molecule has 0 radical (unpaired) electrons. The average molecular weight is 364 g/mol. The fraction of sp³-hybridized carbons (Fsp3) is 0.733. The van der Waals surface area contributed by atoms with E-state index in [4.69, 9.17) is 5.73 Å². The van der Waals surface area contributed by atoms with E-state index in [1.807, 2.05) is 20.9 Å². The number of aromatic nitrogens is 2. The van der Waals surface area contributed by atoms with E-state index in [1.54, 1.807) is 4.68 Å². The first-order chi connectivity index (χ1) is 9.95. The highest BCUT2D eigenvalue weighted by Crippen LogP contribution is 2.36. The highest BCUT2D eigenvalue weighted by molar-refractivity contribution is 5.93. The number of hydrogen-bond acceptors (Lipinski definition) is 4. The Morgan fingerprint density at radius 1 is 1.30 bits per heavy atom. The first-order valence-corrected chi connectivity index (χ1v) is 7.73. The van der Waals surface area contributed by atoms with Crippen molar-refractivity contribution in [2.24, 2.45) is 24.6 Å². The SMILES string of the molecule is Cc1nn(C)c(C)c1NC(=O)CN1CC2CCC(N)C2C1.Cl.Cl. The molecule has 1 aromatic rings. The highest BCUT2D eigenvalue weighted by Gasteiger charge is 2.41. The van der Waals surface area contributed by atoms with E-state index < -0.39 is 0 Å². The lowest BCUT2D eigenvalue weighted by Gasteiger charge is -2.18. The molecular formula is C15H27Cl2N5O. The molecule has 6 nitrogen and oxygen atoms in total. The van der Waals surface area contributed by atoms with Gasteiger partial charge in [-0.25, -0.2) is 0 Å². The van der Waals surface area contributed by atoms with Gasteiger partial charge in [-0.3, -0.25) is 14.4 Å². The lowest BCUT2D eigenvalue weighted by atomic mass is 9.98. The molecule has 2 heterocycles. The molecule has 1 aliphatic heterocycles. The van der Waals surface area contributed by atoms with Crippen molar-refractivity contribution in [1.82, 2.24) is 14.7 Å². The number of anilines is 1. The third kappa shape index (κ3) is 3.99. The number of likely N-dealkylation sites (tertiary alicyclic amines) is 1. The number of carbonyl (C=O) groups excluding carboxylic acids is 1. The molecule has 1 saturated heterocycles. The Balaban J connectivity index is 0.00000132. The molecule has 3 unspecified atom stereocenters. The van der Waals surface area contributed by atoms with Crippen LogP contribution < -0.4 is 11.1 Å². The zero-order chi connectivity index (χ0) is 15.1. The van der Waals surface area contributed by atoms with Crippen LogP contribution in [0.1, 0.15) is 24.2 Å². The molecule has 3 N–H and O–H groups in total. The summed E-state index contributed by atoms with van der Waals surface area (Å²) in [5, 5.41) is 7.33. The van der Waals surface area contributed by atoms with Crippen LogP contribution >= 0.6 is 24.8 Å². The Kier molecular flexibility index (Phi) is 6.89. The van der Waals surface area contributed by atoms with Crippen LogP contribution in [0.4, 0.5) is 5.69 Å². The molecule has 23 heavy (non-hydrogen) atoms. The Bertz CT molecular complexity index is 562. The number of rotatable bonds is 3. The lowest BCUT2D eigenvalue weighted by Crippen LogP contribution is -2.34. The quantitative estimate of drug-likeness (QED) is 0.852. The van der Waals surface area contributed by atoms with Gasteiger partial charge in [0.05, 0.1) is 23.6 Å². The standard InChI is InChI=1S/C15H25N5O.2ClH/c1-9-15(10(2)19(3)18-9)17-14(21)8-20-6-11-4-5-13(16)12(11)7-20;;/h11-13H,4-8,16H2,1-3H3,(H,17,21);2*1H. The van der Waals surface area contributed by atoms with Gasteiger partial charge in [-0.2, -0.15) is 5.10 Å². The van der Waals surface area contributed by atoms with Crippen molar-refractivity contribution in [3.05, 3.63) is 11.4 Å². The van der Waals surface area contributed by atoms with Gasteiger partial charge in [0.1, 0.15) is 0 Å². The number of halogens is 2. The third-order valence-corrected chi connectivity index (χ3v) is 5.13. The fourth-order valence-electron chi connectivity index (χ4n) is 3.87. The first-order valence-electron chi connectivity index (χ1n) is 7.73. The first kappa shape index (κ1) is 20.2. The summed E-state index contributed by atoms with van der Waals surface area (Å²) in [6.07, 6.45) is 2.36. The molecule has 3 atom stereocenters. The Hall–Kier alpha value is -0.820. The number of aryl methyl sites for hydroxylation is 2. The van der Waals surface area contributed by atoms with E-state index in [2.05, 4.69) is 15.3 Å². The normalized spacial score (nSPS) is 26.3. The molecule has 2 fully saturated rings. The summed E-state index contributed by atoms with van der Waals surface area (Å²) in [5.74, 6) is 1.32. The van der Waals surface area contributed by atoms with Crippen LogP contribution in [0, 0.1) is 25.7 Å². The van der Waals surface area contributed by atoms with Crippen LogP contribution in [-0.2, 0) is 11.8 Å². The summed E-state index contributed by atoms with van der Waals surface area (Å²) in [6, 6.07) is 0.325. The number of nitrogens with one attached hydrogen (secondary N) is 1. The van der Waals surface area contributed by atoms with E-state index in [-0.39, 0.29) is 30.7 Å². The Morgan fingerprint density at radius 3 is 2.57 bits per heavy atom. The smallest absolute Gasteiger partial charge is 0.238 e. The van der Waals surface area contributed by atoms with Crippen molar-refractivity contribution in [2.75, 3.05) is 25.0 Å². The molecule has 1 saturated carbocycles. The van der Waals surface area contributed by atoms with Gasteiger partial charge in [-0.1, -0.05) is 0 Å². The zero-order valence-electron chi connectivity index (χ0n) is 13.9. The lowest BCUT2D eigenvalue weighted by molar-refractivity contribution is -0.117. The van der Waals surface area contributed by atoms with Crippen LogP contribution in [-0.4, -0.2) is 46.3 Å². The van der Waals surface area contributed by atoms with Crippen molar-refractivity contribution >= 4 is 36.4 Å². The molecule has 0 bridgehead atoms. The maximum atomic E-state index is 12.3. The van der Waals surface area contributed by atoms with E-state index in [9.17, 15) is 4.79 Å². The maximum Gasteiger partial charge on any atom is 0.238 e. The Morgan fingerprint density at radius 2 is 2.00 bits per heavy atom. The summed E-state index contributed by atoms with van der Waals surface area (Å²) in [6.45, 7) is 6.31. The van der Waals surface area contributed by atoms with Gasteiger partial charge in [-0.15, -0.1) is 24.8 Å². The molecule has 1 aliphatic carbocycles. The predicted octanol–water partition coefficient (Wildman–Crippen LogP) is 1.49. The van der Waals surface area contributed by atoms with Crippen LogP contribution in [0.2, 0.25) is 0 Å². The van der Waals surface area contributed by atoms with E-state index in [0.29, 0.717) is 24.4 Å². The molecule has 8 heteroatoms. The number of fused-ring (bicyclic) bond motifs is 1. The second-order valence-electron chi connectivity index (χ2n) is 6.58. The van der Waals surface area contributed by atoms with Crippen LogP contribution in [0.3, 0.4) is 0 Å². The molecule has 3 rings (SSSR count). The molecule has 1 aromatic heterocycles. The molecule has 1 amide bonds. The largest absolute Gasteiger partial charge is 0.327 e. The van der Waals surface area contributed by atoms with Gasteiger partial charge in [0.2, 0.25) is 5.91 Å². The minimum atomic E-state index is 0. The topological polar surface area (TPSA) is 76.2 Å². The minimum Gasteiger partial charge on any atom is -0.327 e. The third-order valence-electron chi connectivity index (χ3n) is 5.13. The predicted molar refractivity (Wildman–Crippen MR) is 96.4 cm³/mol. The molecule has 0 spiro atoms. The van der Waals surface area contributed by atoms with Crippen molar-refractivity contribution in [3.8, 4) is 0 Å². The van der Waals surface area contributed by atoms with Gasteiger partial charge >= 0.3 is 0 Å². The van der Waals surface area contributed by atoms with Crippen LogP contribution in [0.5, 0.6) is 0 Å². The van der Waals surface area contributed by atoms with Crippen LogP contribution in [0.25, 0.3) is 0 Å². The molecule has 2 aliphatic rings. The van der Waals surface area contributed by atoms with Crippen molar-refractivity contribution in [1.29, 1.82) is 0 Å². The molecule has 132 valence electrons. The van der Waals surface area contributed by atoms with Crippen molar-refractivity contribution in [2.45, 2.75) is 32.7 Å². The van der Waals surface area contributed by atoms with Gasteiger partial charge in [0.25, 0.3) is 0 Å². The number of nitrogens with two attached hydrogens (primary N) is 1. The summed E-state index contributed by atoms with van der Waals surface area (Å²) in [5.41, 5.74) is 8.84. The molecular weight excluding hydrogens is 337 g/mol. The van der Waals surface area contributed by atoms with Crippen molar-refractivity contribution in [3.63, 3.8) is 0 Å². The van der Waals surface area contributed by atoms with Gasteiger partial charge in [0.15, 0.2) is 0 Å². The van der Waals surface area contributed by atoms with E-state index in [0.717, 1.165) is 36.6 Å². The number of hydrogen-bond donors (Lipinski definition) is 2. The summed E-state index contributed by atoms with van der Waals surface area (Å²) in [7, 11) is 1.89. The molecule has 0 aromatic carbocycles. The van der Waals surface area contributed by atoms with E-state index in [1.165, 1.54) is 6.42 Å². The maximum absolute atomic E-state index is 12.3. The summed E-state index contributed by atoms with van der Waals surface area (Å²) >= 11 is 0. The highest BCUT2D eigenvalue weighted by atomic mass is 35.5. The number of nitrogens with zero attached hydrogens (tertiary/aromatic N) is 3. The van der Waals surface area contributed by atoms with E-state index >= 15 is 0 Å². The summed E-state index contributed by atoms with van der Waals surface area (Å²) in [4.78, 5) is 14.5. The number of carbonyl (C=O) groups is 1. The Labute approximate surface area is 150 Å². The van der Waals surface area contributed by atoms with Gasteiger partial charge in [-0.05, 0) is 38.5 Å². The van der Waals surface area contributed by atoms with Crippen molar-refractivity contribution < 1.29 is 4.79 Å². The van der Waals surface area contributed by atoms with Gasteiger partial charge in [0, 0.05) is 26.2 Å². The second-order valence-corrected chi connectivity index (χ2v) is 6.58. The second kappa shape index (κ2) is 7.83. The van der Waals surface area contributed by atoms with Crippen LogP contribution in [0.15, 0.2) is 0 Å². The van der Waals surface area contributed by atoms with Gasteiger partial charge < -0.3 is 11.1 Å². The monoisotopic (exact) mass is 363 g/mol. The summed E-state index contributed by atoms with van der Waals surface area (Å²) < 4.78 is 1.80. The number of amides is 1. The minimum absolute atomic E-state index is 0. The fourth-order valence-corrected chi connectivity index (χ4v) is 3.87.